The molecule has 2 saturated heterocycles. The average molecular weight is 536 g/mol. The molecular formula is C20H31ClIN5O2. The van der Waals surface area contributed by atoms with Gasteiger partial charge in [0.15, 0.2) is 5.96 Å². The molecule has 0 aromatic heterocycles. The normalized spacial score (nSPS) is 20.3. The molecule has 9 heteroatoms. The third-order valence-corrected chi connectivity index (χ3v) is 5.48. The van der Waals surface area contributed by atoms with E-state index in [0.29, 0.717) is 17.5 Å². The average Bonchev–Trinajstić information content (AvgIpc) is 3.20. The molecule has 2 aliphatic rings. The van der Waals surface area contributed by atoms with Crippen LogP contribution in [0.3, 0.4) is 0 Å². The van der Waals surface area contributed by atoms with Crippen LogP contribution in [0.4, 0.5) is 5.69 Å². The van der Waals surface area contributed by atoms with Gasteiger partial charge >= 0.3 is 0 Å². The number of hydrogen-bond donors (Lipinski definition) is 2. The lowest BCUT2D eigenvalue weighted by Crippen LogP contribution is -2.46. The zero-order valence-corrected chi connectivity index (χ0v) is 20.0. The Morgan fingerprint density at radius 3 is 2.66 bits per heavy atom. The summed E-state index contributed by atoms with van der Waals surface area (Å²) >= 11 is 5.86. The topological polar surface area (TPSA) is 69.2 Å². The van der Waals surface area contributed by atoms with Gasteiger partial charge < -0.3 is 20.3 Å². The van der Waals surface area contributed by atoms with Crippen molar-refractivity contribution in [3.8, 4) is 0 Å². The van der Waals surface area contributed by atoms with E-state index in [1.54, 1.807) is 24.3 Å². The van der Waals surface area contributed by atoms with Crippen LogP contribution in [0.2, 0.25) is 5.02 Å². The summed E-state index contributed by atoms with van der Waals surface area (Å²) in [6.45, 7) is 6.44. The number of carbonyl (C=O) groups excluding carboxylic acids is 1. The number of morpholine rings is 1. The molecule has 0 radical (unpaired) electrons. The zero-order valence-electron chi connectivity index (χ0n) is 16.9. The summed E-state index contributed by atoms with van der Waals surface area (Å²) in [5.74, 6) is 0.932. The van der Waals surface area contributed by atoms with E-state index in [1.165, 1.54) is 0 Å². The summed E-state index contributed by atoms with van der Waals surface area (Å²) in [7, 11) is 1.82. The molecule has 1 aromatic carbocycles. The Morgan fingerprint density at radius 2 is 1.97 bits per heavy atom. The molecule has 2 heterocycles. The minimum Gasteiger partial charge on any atom is -0.379 e. The summed E-state index contributed by atoms with van der Waals surface area (Å²) in [5.41, 5.74) is 0.768. The van der Waals surface area contributed by atoms with Crippen LogP contribution in [0.5, 0.6) is 0 Å². The highest BCUT2D eigenvalue weighted by Crippen LogP contribution is 2.17. The van der Waals surface area contributed by atoms with E-state index in [-0.39, 0.29) is 29.9 Å². The number of likely N-dealkylation sites (tertiary alicyclic amines) is 1. The van der Waals surface area contributed by atoms with Crippen molar-refractivity contribution in [3.63, 3.8) is 0 Å². The van der Waals surface area contributed by atoms with Gasteiger partial charge in [0.25, 0.3) is 0 Å². The van der Waals surface area contributed by atoms with Gasteiger partial charge in [-0.1, -0.05) is 11.6 Å². The maximum Gasteiger partial charge on any atom is 0.224 e. The molecule has 1 atom stereocenters. The number of benzene rings is 1. The van der Waals surface area contributed by atoms with E-state index in [1.807, 2.05) is 7.05 Å². The summed E-state index contributed by atoms with van der Waals surface area (Å²) in [5, 5.41) is 6.94. The fourth-order valence-electron chi connectivity index (χ4n) is 3.71. The van der Waals surface area contributed by atoms with Gasteiger partial charge in [-0.3, -0.25) is 14.7 Å². The number of hydrogen-bond acceptors (Lipinski definition) is 4. The van der Waals surface area contributed by atoms with Crippen molar-refractivity contribution in [3.05, 3.63) is 29.3 Å². The minimum absolute atomic E-state index is 0. The molecule has 1 amide bonds. The zero-order chi connectivity index (χ0) is 19.8. The molecule has 0 saturated carbocycles. The van der Waals surface area contributed by atoms with Crippen LogP contribution in [0.25, 0.3) is 0 Å². The molecular weight excluding hydrogens is 505 g/mol. The number of guanidine groups is 1. The number of amides is 1. The summed E-state index contributed by atoms with van der Waals surface area (Å²) in [4.78, 5) is 21.3. The van der Waals surface area contributed by atoms with Crippen molar-refractivity contribution in [2.24, 2.45) is 4.99 Å². The minimum atomic E-state index is 0. The molecule has 0 aliphatic carbocycles. The Labute approximate surface area is 195 Å². The largest absolute Gasteiger partial charge is 0.379 e. The second-order valence-corrected chi connectivity index (χ2v) is 7.61. The van der Waals surface area contributed by atoms with Crippen molar-refractivity contribution in [1.82, 2.24) is 15.1 Å². The van der Waals surface area contributed by atoms with Crippen LogP contribution in [-0.2, 0) is 9.53 Å². The van der Waals surface area contributed by atoms with Crippen LogP contribution >= 0.6 is 35.6 Å². The van der Waals surface area contributed by atoms with E-state index in [0.717, 1.165) is 70.4 Å². The van der Waals surface area contributed by atoms with Crippen molar-refractivity contribution in [1.29, 1.82) is 0 Å². The van der Waals surface area contributed by atoms with E-state index < -0.39 is 0 Å². The van der Waals surface area contributed by atoms with Gasteiger partial charge in [0.05, 0.1) is 13.2 Å². The van der Waals surface area contributed by atoms with Crippen LogP contribution < -0.4 is 10.6 Å². The van der Waals surface area contributed by atoms with Gasteiger partial charge in [-0.2, -0.15) is 0 Å². The first kappa shape index (κ1) is 24.2. The van der Waals surface area contributed by atoms with Crippen LogP contribution in [0.1, 0.15) is 19.3 Å². The Bertz CT molecular complexity index is 667. The predicted molar refractivity (Wildman–Crippen MR) is 128 cm³/mol. The lowest BCUT2D eigenvalue weighted by atomic mass is 10.2. The van der Waals surface area contributed by atoms with Crippen molar-refractivity contribution in [2.45, 2.75) is 25.3 Å². The van der Waals surface area contributed by atoms with E-state index in [4.69, 9.17) is 16.3 Å². The van der Waals surface area contributed by atoms with Gasteiger partial charge in [0, 0.05) is 62.9 Å². The van der Waals surface area contributed by atoms with Gasteiger partial charge in [0.1, 0.15) is 0 Å². The Morgan fingerprint density at radius 1 is 1.24 bits per heavy atom. The maximum absolute atomic E-state index is 12.1. The van der Waals surface area contributed by atoms with E-state index in [9.17, 15) is 4.79 Å². The molecule has 2 aliphatic heterocycles. The molecule has 0 bridgehead atoms. The molecule has 1 unspecified atom stereocenters. The standard InChI is InChI=1S/C20H30ClN5O2.HI/c1-22-20(26-10-8-18(15-26)25-11-13-28-14-12-25)23-9-2-3-19(27)24-17-6-4-16(21)5-7-17;/h4-7,18H,2-3,8-15H2,1H3,(H,22,23)(H,24,27);1H. The molecule has 2 fully saturated rings. The number of halogens is 2. The number of carbonyl (C=O) groups is 1. The number of anilines is 1. The SMILES string of the molecule is CN=C(NCCCC(=O)Nc1ccc(Cl)cc1)N1CCC(N2CCOCC2)C1.I. The number of aliphatic imine (C=N–C) groups is 1. The number of nitrogens with one attached hydrogen (secondary N) is 2. The first-order chi connectivity index (χ1) is 13.7. The predicted octanol–water partition coefficient (Wildman–Crippen LogP) is 2.66. The highest BCUT2D eigenvalue weighted by Gasteiger charge is 2.30. The molecule has 7 nitrogen and oxygen atoms in total. The third-order valence-electron chi connectivity index (χ3n) is 5.23. The summed E-state index contributed by atoms with van der Waals surface area (Å²) in [6, 6.07) is 7.72. The number of nitrogens with zero attached hydrogens (tertiary/aromatic N) is 3. The highest BCUT2D eigenvalue weighted by atomic mass is 127. The van der Waals surface area contributed by atoms with Crippen LogP contribution in [0, 0.1) is 0 Å². The highest BCUT2D eigenvalue weighted by molar-refractivity contribution is 14.0. The smallest absolute Gasteiger partial charge is 0.224 e. The molecule has 162 valence electrons. The van der Waals surface area contributed by atoms with Crippen molar-refractivity contribution in [2.75, 3.05) is 58.3 Å². The van der Waals surface area contributed by atoms with Crippen LogP contribution in [-0.4, -0.2) is 80.7 Å². The first-order valence-electron chi connectivity index (χ1n) is 9.98. The quantitative estimate of drug-likeness (QED) is 0.254. The molecule has 3 rings (SSSR count). The second-order valence-electron chi connectivity index (χ2n) is 7.17. The van der Waals surface area contributed by atoms with Gasteiger partial charge in [-0.25, -0.2) is 0 Å². The van der Waals surface area contributed by atoms with Gasteiger partial charge in [-0.05, 0) is 37.1 Å². The number of rotatable bonds is 6. The van der Waals surface area contributed by atoms with E-state index >= 15 is 0 Å². The monoisotopic (exact) mass is 535 g/mol. The fraction of sp³-hybridized carbons (Fsp3) is 0.600. The van der Waals surface area contributed by atoms with E-state index in [2.05, 4.69) is 25.4 Å². The lowest BCUT2D eigenvalue weighted by molar-refractivity contribution is -0.116. The first-order valence-corrected chi connectivity index (χ1v) is 10.4. The molecule has 1 aromatic rings. The summed E-state index contributed by atoms with van der Waals surface area (Å²) < 4.78 is 5.45. The van der Waals surface area contributed by atoms with Gasteiger partial charge in [-0.15, -0.1) is 24.0 Å². The lowest BCUT2D eigenvalue weighted by Gasteiger charge is -2.32. The van der Waals surface area contributed by atoms with Crippen LogP contribution in [0.15, 0.2) is 29.3 Å². The molecule has 29 heavy (non-hydrogen) atoms. The maximum atomic E-state index is 12.1. The van der Waals surface area contributed by atoms with Gasteiger partial charge in [0.2, 0.25) is 5.91 Å². The Hall–Kier alpha value is -1.10. The Kier molecular flexibility index (Phi) is 10.5. The second kappa shape index (κ2) is 12.6. The molecule has 0 spiro atoms. The third kappa shape index (κ3) is 7.58. The fourth-order valence-corrected chi connectivity index (χ4v) is 3.84. The molecule has 2 N–H and O–H groups in total. The number of ether oxygens (including phenoxy) is 1. The Balaban J connectivity index is 0.00000300. The summed E-state index contributed by atoms with van der Waals surface area (Å²) in [6.07, 6.45) is 2.37. The van der Waals surface area contributed by atoms with Crippen molar-refractivity contribution < 1.29 is 9.53 Å². The van der Waals surface area contributed by atoms with Crippen molar-refractivity contribution >= 4 is 53.1 Å².